The van der Waals surface area contributed by atoms with Crippen LogP contribution in [0.15, 0.2) is 24.3 Å². The lowest BCUT2D eigenvalue weighted by molar-refractivity contribution is -0.131. The van der Waals surface area contributed by atoms with E-state index < -0.39 is 0 Å². The number of halogens is 2. The Labute approximate surface area is 133 Å². The topological polar surface area (TPSA) is 49.6 Å². The molecule has 1 amide bonds. The first-order chi connectivity index (χ1) is 8.70. The van der Waals surface area contributed by atoms with Crippen molar-refractivity contribution in [1.29, 1.82) is 0 Å². The lowest BCUT2D eigenvalue weighted by Crippen LogP contribution is -2.49. The highest BCUT2D eigenvalue weighted by Crippen LogP contribution is 2.17. The highest BCUT2D eigenvalue weighted by molar-refractivity contribution is 5.85. The lowest BCUT2D eigenvalue weighted by atomic mass is 10.2. The number of aryl methyl sites for hydroxylation is 1. The van der Waals surface area contributed by atoms with Crippen LogP contribution in [0, 0.1) is 6.92 Å². The number of nitrogens with zero attached hydrogens (tertiary/aromatic N) is 2. The molecule has 1 fully saturated rings. The Bertz CT molecular complexity index is 421. The highest BCUT2D eigenvalue weighted by atomic mass is 35.5. The fraction of sp³-hybridized carbons (Fsp3) is 0.500. The van der Waals surface area contributed by atoms with Crippen molar-refractivity contribution in [3.8, 4) is 0 Å². The number of piperazine rings is 1. The summed E-state index contributed by atoms with van der Waals surface area (Å²) >= 11 is 0. The van der Waals surface area contributed by atoms with Gasteiger partial charge in [-0.25, -0.2) is 0 Å². The molecule has 4 nitrogen and oxygen atoms in total. The van der Waals surface area contributed by atoms with E-state index in [9.17, 15) is 4.79 Å². The Morgan fingerprint density at radius 2 is 1.85 bits per heavy atom. The van der Waals surface area contributed by atoms with Gasteiger partial charge < -0.3 is 15.5 Å². The van der Waals surface area contributed by atoms with Crippen LogP contribution in [0.3, 0.4) is 0 Å². The van der Waals surface area contributed by atoms with Gasteiger partial charge >= 0.3 is 0 Å². The van der Waals surface area contributed by atoms with E-state index in [1.807, 2.05) is 4.90 Å². The van der Waals surface area contributed by atoms with E-state index in [1.54, 1.807) is 0 Å². The Morgan fingerprint density at radius 1 is 1.20 bits per heavy atom. The Hall–Kier alpha value is -0.970. The summed E-state index contributed by atoms with van der Waals surface area (Å²) in [6.45, 7) is 5.94. The third-order valence-electron chi connectivity index (χ3n) is 3.36. The van der Waals surface area contributed by atoms with Gasteiger partial charge in [-0.2, -0.15) is 0 Å². The maximum Gasteiger partial charge on any atom is 0.223 e. The number of hydrogen-bond donors (Lipinski definition) is 1. The predicted molar refractivity (Wildman–Crippen MR) is 88.1 cm³/mol. The SMILES string of the molecule is Cc1cccc(N2CCN(C(=O)CCN)CC2)c1.Cl.Cl. The predicted octanol–water partition coefficient (Wildman–Crippen LogP) is 1.84. The first kappa shape index (κ1) is 19.0. The van der Waals surface area contributed by atoms with E-state index in [4.69, 9.17) is 5.73 Å². The zero-order chi connectivity index (χ0) is 13.0. The molecule has 2 rings (SSSR count). The molecule has 0 bridgehead atoms. The van der Waals surface area contributed by atoms with Gasteiger partial charge in [-0.15, -0.1) is 24.8 Å². The van der Waals surface area contributed by atoms with Gasteiger partial charge in [0, 0.05) is 44.8 Å². The van der Waals surface area contributed by atoms with Crippen molar-refractivity contribution in [2.24, 2.45) is 5.73 Å². The van der Waals surface area contributed by atoms with E-state index in [-0.39, 0.29) is 30.7 Å². The van der Waals surface area contributed by atoms with Crippen LogP contribution in [-0.4, -0.2) is 43.5 Å². The summed E-state index contributed by atoms with van der Waals surface area (Å²) in [5.74, 6) is 0.182. The van der Waals surface area contributed by atoms with Gasteiger partial charge in [0.05, 0.1) is 0 Å². The lowest BCUT2D eigenvalue weighted by Gasteiger charge is -2.36. The molecule has 0 saturated carbocycles. The number of amides is 1. The molecule has 1 heterocycles. The second-order valence-corrected chi connectivity index (χ2v) is 4.75. The van der Waals surface area contributed by atoms with Crippen LogP contribution in [0.1, 0.15) is 12.0 Å². The molecule has 1 aromatic rings. The van der Waals surface area contributed by atoms with E-state index in [0.717, 1.165) is 26.2 Å². The minimum atomic E-state index is 0. The molecule has 1 aromatic carbocycles. The summed E-state index contributed by atoms with van der Waals surface area (Å²) in [6.07, 6.45) is 0.463. The fourth-order valence-corrected chi connectivity index (χ4v) is 2.32. The molecule has 20 heavy (non-hydrogen) atoms. The number of nitrogens with two attached hydrogens (primary N) is 1. The molecule has 1 aliphatic rings. The molecule has 114 valence electrons. The van der Waals surface area contributed by atoms with Crippen LogP contribution in [0.5, 0.6) is 0 Å². The molecule has 0 spiro atoms. The molecule has 1 saturated heterocycles. The van der Waals surface area contributed by atoms with Crippen LogP contribution in [0.25, 0.3) is 0 Å². The normalized spacial score (nSPS) is 14.3. The number of anilines is 1. The van der Waals surface area contributed by atoms with Crippen molar-refractivity contribution in [1.82, 2.24) is 4.90 Å². The Morgan fingerprint density at radius 3 is 2.40 bits per heavy atom. The molecule has 0 aromatic heterocycles. The van der Waals surface area contributed by atoms with E-state index in [1.165, 1.54) is 11.3 Å². The molecule has 0 radical (unpaired) electrons. The largest absolute Gasteiger partial charge is 0.368 e. The third-order valence-corrected chi connectivity index (χ3v) is 3.36. The summed E-state index contributed by atoms with van der Waals surface area (Å²) < 4.78 is 0. The van der Waals surface area contributed by atoms with Crippen molar-refractivity contribution in [3.63, 3.8) is 0 Å². The van der Waals surface area contributed by atoms with E-state index in [2.05, 4.69) is 36.1 Å². The second-order valence-electron chi connectivity index (χ2n) is 4.75. The highest BCUT2D eigenvalue weighted by Gasteiger charge is 2.20. The third kappa shape index (κ3) is 4.85. The maximum atomic E-state index is 11.7. The van der Waals surface area contributed by atoms with Crippen LogP contribution >= 0.6 is 24.8 Å². The summed E-state index contributed by atoms with van der Waals surface area (Å²) in [6, 6.07) is 8.50. The monoisotopic (exact) mass is 319 g/mol. The van der Waals surface area contributed by atoms with Gasteiger partial charge in [-0.05, 0) is 24.6 Å². The van der Waals surface area contributed by atoms with E-state index in [0.29, 0.717) is 13.0 Å². The molecule has 0 aliphatic carbocycles. The summed E-state index contributed by atoms with van der Waals surface area (Å²) in [4.78, 5) is 16.0. The number of benzene rings is 1. The molecule has 0 unspecified atom stereocenters. The van der Waals surface area contributed by atoms with Gasteiger partial charge in [0.2, 0.25) is 5.91 Å². The van der Waals surface area contributed by atoms with Crippen LogP contribution in [-0.2, 0) is 4.79 Å². The van der Waals surface area contributed by atoms with Crippen LogP contribution in [0.2, 0.25) is 0 Å². The molecular formula is C14H23Cl2N3O. The van der Waals surface area contributed by atoms with Gasteiger partial charge in [-0.3, -0.25) is 4.79 Å². The smallest absolute Gasteiger partial charge is 0.223 e. The minimum absolute atomic E-state index is 0. The number of carbonyl (C=O) groups excluding carboxylic acids is 1. The number of hydrogen-bond acceptors (Lipinski definition) is 3. The molecule has 1 aliphatic heterocycles. The zero-order valence-electron chi connectivity index (χ0n) is 11.7. The Kier molecular flexibility index (Phi) is 8.62. The first-order valence-corrected chi connectivity index (χ1v) is 6.50. The van der Waals surface area contributed by atoms with Crippen molar-refractivity contribution >= 4 is 36.4 Å². The molecule has 0 atom stereocenters. The number of carbonyl (C=O) groups is 1. The van der Waals surface area contributed by atoms with Crippen molar-refractivity contribution < 1.29 is 4.79 Å². The molecule has 6 heteroatoms. The van der Waals surface area contributed by atoms with Gasteiger partial charge in [0.15, 0.2) is 0 Å². The average molecular weight is 320 g/mol. The quantitative estimate of drug-likeness (QED) is 0.924. The fourth-order valence-electron chi connectivity index (χ4n) is 2.32. The maximum absolute atomic E-state index is 11.7. The van der Waals surface area contributed by atoms with E-state index >= 15 is 0 Å². The standard InChI is InChI=1S/C14H21N3O.2ClH/c1-12-3-2-4-13(11-12)16-7-9-17(10-8-16)14(18)5-6-15;;/h2-4,11H,5-10,15H2,1H3;2*1H. The van der Waals surface area contributed by atoms with Gasteiger partial charge in [0.1, 0.15) is 0 Å². The zero-order valence-corrected chi connectivity index (χ0v) is 13.4. The average Bonchev–Trinajstić information content (AvgIpc) is 2.39. The van der Waals surface area contributed by atoms with Crippen molar-refractivity contribution in [2.45, 2.75) is 13.3 Å². The van der Waals surface area contributed by atoms with Gasteiger partial charge in [0.25, 0.3) is 0 Å². The summed E-state index contributed by atoms with van der Waals surface area (Å²) in [7, 11) is 0. The summed E-state index contributed by atoms with van der Waals surface area (Å²) in [5.41, 5.74) is 7.94. The summed E-state index contributed by atoms with van der Waals surface area (Å²) in [5, 5.41) is 0. The second kappa shape index (κ2) is 9.06. The van der Waals surface area contributed by atoms with Crippen molar-refractivity contribution in [2.75, 3.05) is 37.6 Å². The molecular weight excluding hydrogens is 297 g/mol. The van der Waals surface area contributed by atoms with Crippen molar-refractivity contribution in [3.05, 3.63) is 29.8 Å². The first-order valence-electron chi connectivity index (χ1n) is 6.50. The molecule has 2 N–H and O–H groups in total. The minimum Gasteiger partial charge on any atom is -0.368 e. The van der Waals surface area contributed by atoms with Gasteiger partial charge in [-0.1, -0.05) is 12.1 Å². The van der Waals surface area contributed by atoms with Crippen LogP contribution < -0.4 is 10.6 Å². The Balaban J connectivity index is 0.00000180. The number of rotatable bonds is 3. The van der Waals surface area contributed by atoms with Crippen LogP contribution in [0.4, 0.5) is 5.69 Å².